The average molecular weight is 1010 g/mol. The van der Waals surface area contributed by atoms with Crippen LogP contribution in [0.15, 0.2) is 109 Å². The number of rotatable bonds is 9. The molecule has 7 rings (SSSR count). The molecule has 0 radical (unpaired) electrons. The van der Waals surface area contributed by atoms with Gasteiger partial charge in [-0.3, -0.25) is 0 Å². The highest BCUT2D eigenvalue weighted by Gasteiger charge is 2.35. The lowest BCUT2D eigenvalue weighted by Gasteiger charge is -2.33. The van der Waals surface area contributed by atoms with E-state index in [4.69, 9.17) is 15.0 Å². The monoisotopic (exact) mass is 1010 g/mol. The Kier molecular flexibility index (Phi) is 15.1. The second-order valence-electron chi connectivity index (χ2n) is 27.6. The van der Waals surface area contributed by atoms with E-state index in [0.717, 1.165) is 83.5 Å². The summed E-state index contributed by atoms with van der Waals surface area (Å²) in [6, 6.07) is 37.0. The maximum atomic E-state index is 11.4. The second kappa shape index (κ2) is 20.0. The molecule has 396 valence electrons. The molecule has 7 aromatic rings. The van der Waals surface area contributed by atoms with Crippen molar-refractivity contribution in [3.8, 4) is 50.6 Å². The molecular weight excluding hydrogens is 919 g/mol. The van der Waals surface area contributed by atoms with E-state index in [2.05, 4.69) is 182 Å². The lowest BCUT2D eigenvalue weighted by atomic mass is 9.72. The van der Waals surface area contributed by atoms with Gasteiger partial charge in [-0.1, -0.05) is 236 Å². The van der Waals surface area contributed by atoms with Crippen LogP contribution in [-0.4, -0.2) is 30.3 Å². The summed E-state index contributed by atoms with van der Waals surface area (Å²) in [7, 11) is 0. The summed E-state index contributed by atoms with van der Waals surface area (Å²) in [5, 5.41) is 34.3. The summed E-state index contributed by atoms with van der Waals surface area (Å²) in [6.07, 6.45) is 0. The van der Waals surface area contributed by atoms with E-state index < -0.39 is 0 Å². The first-order valence-electron chi connectivity index (χ1n) is 27.2. The molecular formula is C69H87N3O3. The minimum atomic E-state index is -0.276. The minimum Gasteiger partial charge on any atom is -0.507 e. The van der Waals surface area contributed by atoms with Crippen LogP contribution in [0.3, 0.4) is 0 Å². The van der Waals surface area contributed by atoms with Crippen molar-refractivity contribution < 1.29 is 15.3 Å². The summed E-state index contributed by atoms with van der Waals surface area (Å²) < 4.78 is 0. The van der Waals surface area contributed by atoms with Crippen molar-refractivity contribution in [2.24, 2.45) is 0 Å². The molecule has 0 saturated heterocycles. The summed E-state index contributed by atoms with van der Waals surface area (Å²) in [6.45, 7) is 47.2. The number of hydrogen-bond acceptors (Lipinski definition) is 6. The van der Waals surface area contributed by atoms with Gasteiger partial charge in [0.25, 0.3) is 0 Å². The Hall–Kier alpha value is -6.27. The highest BCUT2D eigenvalue weighted by atomic mass is 16.3. The van der Waals surface area contributed by atoms with Gasteiger partial charge < -0.3 is 15.3 Å². The Morgan fingerprint density at radius 3 is 0.627 bits per heavy atom. The van der Waals surface area contributed by atoms with Crippen LogP contribution in [0.25, 0.3) is 33.4 Å². The third-order valence-electron chi connectivity index (χ3n) is 15.2. The smallest absolute Gasteiger partial charge is 0.139 e. The molecule has 3 atom stereocenters. The molecule has 0 aliphatic rings. The van der Waals surface area contributed by atoms with E-state index >= 15 is 0 Å². The molecule has 6 aromatic carbocycles. The van der Waals surface area contributed by atoms with Gasteiger partial charge in [-0.05, 0) is 117 Å². The standard InChI is InChI=1S/C69H87N3O3/c1-40(43-34-49(64(4,5)6)58(50(35-43)65(7,8)9)46-28-22-25-31-55(46)73)61-70-62(41(2)44-36-51(66(10,11)12)59(52(37-44)67(13,14)15)47-29-23-26-32-56(47)74)72-63(71-61)42(3)45-38-53(68(16,17)18)60(54(39-45)69(19,20)21)48-30-24-27-33-57(48)75/h22-42,73-75H,1-21H3. The molecule has 0 spiro atoms. The Bertz CT molecular complexity index is 2780. The molecule has 3 unspecified atom stereocenters. The van der Waals surface area contributed by atoms with Gasteiger partial charge in [0.15, 0.2) is 0 Å². The van der Waals surface area contributed by atoms with E-state index in [1.165, 1.54) is 0 Å². The molecule has 0 amide bonds. The molecule has 6 nitrogen and oxygen atoms in total. The molecule has 0 fully saturated rings. The number of hydrogen-bond donors (Lipinski definition) is 3. The fraction of sp³-hybridized carbons (Fsp3) is 0.435. The Balaban J connectivity index is 1.54. The molecule has 0 aliphatic carbocycles. The first-order chi connectivity index (χ1) is 34.5. The Labute approximate surface area is 451 Å². The van der Waals surface area contributed by atoms with Crippen LogP contribution in [0, 0.1) is 0 Å². The fourth-order valence-electron chi connectivity index (χ4n) is 10.7. The van der Waals surface area contributed by atoms with Crippen LogP contribution in [0.5, 0.6) is 17.2 Å². The molecule has 1 aromatic heterocycles. The van der Waals surface area contributed by atoms with E-state index in [1.807, 2.05) is 54.6 Å². The van der Waals surface area contributed by atoms with Crippen molar-refractivity contribution in [3.05, 3.63) is 177 Å². The van der Waals surface area contributed by atoms with Gasteiger partial charge in [0.2, 0.25) is 0 Å². The van der Waals surface area contributed by atoms with E-state index in [9.17, 15) is 15.3 Å². The number of nitrogens with zero attached hydrogens (tertiary/aromatic N) is 3. The second-order valence-corrected chi connectivity index (χ2v) is 27.6. The van der Waals surface area contributed by atoms with Gasteiger partial charge in [0.1, 0.15) is 34.7 Å². The summed E-state index contributed by atoms with van der Waals surface area (Å²) in [5.74, 6) is 2.13. The van der Waals surface area contributed by atoms with Crippen LogP contribution >= 0.6 is 0 Å². The van der Waals surface area contributed by atoms with Crippen LogP contribution in [0.1, 0.15) is 231 Å². The lowest BCUT2D eigenvalue weighted by Crippen LogP contribution is -2.22. The third-order valence-corrected chi connectivity index (χ3v) is 15.2. The summed E-state index contributed by atoms with van der Waals surface area (Å²) in [5.41, 5.74) is 14.2. The van der Waals surface area contributed by atoms with Crippen molar-refractivity contribution in [2.75, 3.05) is 0 Å². The summed E-state index contributed by atoms with van der Waals surface area (Å²) in [4.78, 5) is 16.7. The number of aromatic nitrogens is 3. The minimum absolute atomic E-state index is 0.247. The van der Waals surface area contributed by atoms with Gasteiger partial charge in [-0.15, -0.1) is 0 Å². The largest absolute Gasteiger partial charge is 0.507 e. The molecule has 1 heterocycles. The number of phenols is 3. The zero-order chi connectivity index (χ0) is 55.7. The van der Waals surface area contributed by atoms with Gasteiger partial charge >= 0.3 is 0 Å². The van der Waals surface area contributed by atoms with Crippen molar-refractivity contribution in [2.45, 2.75) is 196 Å². The van der Waals surface area contributed by atoms with Gasteiger partial charge in [0, 0.05) is 34.4 Å². The topological polar surface area (TPSA) is 99.4 Å². The van der Waals surface area contributed by atoms with Crippen molar-refractivity contribution in [3.63, 3.8) is 0 Å². The quantitative estimate of drug-likeness (QED) is 0.133. The van der Waals surface area contributed by atoms with Crippen LogP contribution < -0.4 is 0 Å². The molecule has 0 aliphatic heterocycles. The number of para-hydroxylation sites is 3. The van der Waals surface area contributed by atoms with Crippen LogP contribution in [0.2, 0.25) is 0 Å². The molecule has 75 heavy (non-hydrogen) atoms. The maximum Gasteiger partial charge on any atom is 0.139 e. The SMILES string of the molecule is CC(c1cc(C(C)(C)C)c(-c2ccccc2O)c(C(C)(C)C)c1)c1nc(C(C)c2cc(C(C)(C)C)c(-c3ccccc3O)c(C(C)(C)C)c2)nc(C(C)c2cc(C(C)(C)C)c(-c3ccccc3O)c(C(C)(C)C)c2)n1. The first-order valence-corrected chi connectivity index (χ1v) is 27.2. The normalized spacial score (nSPS) is 14.2. The number of aromatic hydroxyl groups is 3. The Morgan fingerprint density at radius 1 is 0.293 bits per heavy atom. The van der Waals surface area contributed by atoms with Crippen molar-refractivity contribution in [1.29, 1.82) is 0 Å². The highest BCUT2D eigenvalue weighted by molar-refractivity contribution is 5.81. The van der Waals surface area contributed by atoms with Gasteiger partial charge in [0.05, 0.1) is 0 Å². The van der Waals surface area contributed by atoms with Crippen LogP contribution in [0.4, 0.5) is 0 Å². The predicted molar refractivity (Wildman–Crippen MR) is 315 cm³/mol. The predicted octanol–water partition coefficient (Wildman–Crippen LogP) is 18.2. The molecule has 0 saturated carbocycles. The number of benzene rings is 6. The lowest BCUT2D eigenvalue weighted by molar-refractivity contribution is 0.476. The zero-order valence-electron chi connectivity index (χ0n) is 49.3. The van der Waals surface area contributed by atoms with E-state index in [-0.39, 0.29) is 67.5 Å². The van der Waals surface area contributed by atoms with Gasteiger partial charge in [-0.25, -0.2) is 15.0 Å². The van der Waals surface area contributed by atoms with Crippen LogP contribution in [-0.2, 0) is 32.5 Å². The first kappa shape index (κ1) is 56.5. The van der Waals surface area contributed by atoms with Crippen molar-refractivity contribution >= 4 is 0 Å². The molecule has 3 N–H and O–H groups in total. The maximum absolute atomic E-state index is 11.4. The molecule has 0 bridgehead atoms. The Morgan fingerprint density at radius 2 is 0.467 bits per heavy atom. The number of phenolic OH excluding ortho intramolecular Hbond substituents is 3. The van der Waals surface area contributed by atoms with E-state index in [0.29, 0.717) is 17.5 Å². The van der Waals surface area contributed by atoms with Crippen molar-refractivity contribution in [1.82, 2.24) is 15.0 Å². The average Bonchev–Trinajstić information content (AvgIpc) is 3.30. The molecule has 6 heteroatoms. The van der Waals surface area contributed by atoms with E-state index in [1.54, 1.807) is 18.2 Å². The summed E-state index contributed by atoms with van der Waals surface area (Å²) >= 11 is 0. The third kappa shape index (κ3) is 11.6. The zero-order valence-corrected chi connectivity index (χ0v) is 49.3. The fourth-order valence-corrected chi connectivity index (χ4v) is 10.7. The highest BCUT2D eigenvalue weighted by Crippen LogP contribution is 2.49. The van der Waals surface area contributed by atoms with Gasteiger partial charge in [-0.2, -0.15) is 0 Å².